The van der Waals surface area contributed by atoms with Crippen LogP contribution in [0.1, 0.15) is 20.2 Å². The highest BCUT2D eigenvalue weighted by Gasteiger charge is 2.12. The Hall–Kier alpha value is -1.40. The van der Waals surface area contributed by atoms with Crippen LogP contribution in [-0.2, 0) is 6.54 Å². The first-order chi connectivity index (χ1) is 9.10. The molecule has 0 spiro atoms. The molecular formula is C13H13BrN2O2S. The SMILES string of the molecule is COc1cc(Br)ccc1C(=O)NCc1cnc(C)s1. The van der Waals surface area contributed by atoms with E-state index in [2.05, 4.69) is 26.2 Å². The first-order valence-corrected chi connectivity index (χ1v) is 7.24. The molecule has 4 nitrogen and oxygen atoms in total. The second-order valence-electron chi connectivity index (χ2n) is 3.87. The van der Waals surface area contributed by atoms with Crippen LogP contribution in [0.3, 0.4) is 0 Å². The van der Waals surface area contributed by atoms with Crippen molar-refractivity contribution in [2.45, 2.75) is 13.5 Å². The molecule has 0 saturated heterocycles. The van der Waals surface area contributed by atoms with Crippen molar-refractivity contribution in [2.24, 2.45) is 0 Å². The molecule has 0 aliphatic rings. The molecule has 1 amide bonds. The van der Waals surface area contributed by atoms with E-state index in [-0.39, 0.29) is 5.91 Å². The van der Waals surface area contributed by atoms with Gasteiger partial charge < -0.3 is 10.1 Å². The number of nitrogens with zero attached hydrogens (tertiary/aromatic N) is 1. The van der Waals surface area contributed by atoms with Crippen molar-refractivity contribution >= 4 is 33.2 Å². The number of thiazole rings is 1. The van der Waals surface area contributed by atoms with Crippen LogP contribution in [0.2, 0.25) is 0 Å². The number of carbonyl (C=O) groups is 1. The van der Waals surface area contributed by atoms with Crippen molar-refractivity contribution in [3.8, 4) is 5.75 Å². The van der Waals surface area contributed by atoms with Crippen LogP contribution in [0, 0.1) is 6.92 Å². The zero-order valence-electron chi connectivity index (χ0n) is 10.6. The number of benzene rings is 1. The van der Waals surface area contributed by atoms with Crippen molar-refractivity contribution < 1.29 is 9.53 Å². The average molecular weight is 341 g/mol. The predicted molar refractivity (Wildman–Crippen MR) is 78.7 cm³/mol. The van der Waals surface area contributed by atoms with Gasteiger partial charge in [-0.05, 0) is 25.1 Å². The summed E-state index contributed by atoms with van der Waals surface area (Å²) in [7, 11) is 1.55. The van der Waals surface area contributed by atoms with Crippen LogP contribution in [0.4, 0.5) is 0 Å². The van der Waals surface area contributed by atoms with Gasteiger partial charge in [0, 0.05) is 15.5 Å². The van der Waals surface area contributed by atoms with Crippen LogP contribution in [0.15, 0.2) is 28.9 Å². The molecule has 100 valence electrons. The minimum absolute atomic E-state index is 0.157. The maximum absolute atomic E-state index is 12.1. The van der Waals surface area contributed by atoms with Gasteiger partial charge >= 0.3 is 0 Å². The van der Waals surface area contributed by atoms with E-state index in [0.717, 1.165) is 14.4 Å². The van der Waals surface area contributed by atoms with Gasteiger partial charge in [0.15, 0.2) is 0 Å². The fourth-order valence-corrected chi connectivity index (χ4v) is 2.68. The molecule has 2 aromatic rings. The first kappa shape index (κ1) is 14.0. The number of aromatic nitrogens is 1. The number of ether oxygens (including phenoxy) is 1. The van der Waals surface area contributed by atoms with E-state index in [9.17, 15) is 4.79 Å². The van der Waals surface area contributed by atoms with Crippen LogP contribution in [0.5, 0.6) is 5.75 Å². The quantitative estimate of drug-likeness (QED) is 0.929. The molecule has 0 atom stereocenters. The molecule has 0 aliphatic heterocycles. The van der Waals surface area contributed by atoms with Gasteiger partial charge in [-0.25, -0.2) is 4.98 Å². The van der Waals surface area contributed by atoms with Crippen LogP contribution in [0.25, 0.3) is 0 Å². The van der Waals surface area contributed by atoms with E-state index in [0.29, 0.717) is 17.9 Å². The van der Waals surface area contributed by atoms with Gasteiger partial charge in [-0.2, -0.15) is 0 Å². The maximum Gasteiger partial charge on any atom is 0.255 e. The Labute approximate surface area is 124 Å². The lowest BCUT2D eigenvalue weighted by molar-refractivity contribution is 0.0948. The third kappa shape index (κ3) is 3.54. The fraction of sp³-hybridized carbons (Fsp3) is 0.231. The molecule has 0 unspecified atom stereocenters. The lowest BCUT2D eigenvalue weighted by atomic mass is 10.2. The van der Waals surface area contributed by atoms with E-state index in [1.807, 2.05) is 13.0 Å². The van der Waals surface area contributed by atoms with Gasteiger partial charge in [-0.1, -0.05) is 15.9 Å². The number of methoxy groups -OCH3 is 1. The van der Waals surface area contributed by atoms with Gasteiger partial charge in [0.2, 0.25) is 0 Å². The summed E-state index contributed by atoms with van der Waals surface area (Å²) >= 11 is 4.92. The van der Waals surface area contributed by atoms with Crippen LogP contribution >= 0.6 is 27.3 Å². The Kier molecular flexibility index (Phi) is 4.55. The molecule has 1 N–H and O–H groups in total. The highest BCUT2D eigenvalue weighted by molar-refractivity contribution is 9.10. The van der Waals surface area contributed by atoms with Gasteiger partial charge in [0.05, 0.1) is 24.2 Å². The van der Waals surface area contributed by atoms with Gasteiger partial charge in [-0.3, -0.25) is 4.79 Å². The zero-order chi connectivity index (χ0) is 13.8. The Morgan fingerprint density at radius 3 is 2.95 bits per heavy atom. The second-order valence-corrected chi connectivity index (χ2v) is 6.11. The summed E-state index contributed by atoms with van der Waals surface area (Å²) in [5.74, 6) is 0.391. The number of hydrogen-bond acceptors (Lipinski definition) is 4. The number of carbonyl (C=O) groups excluding carboxylic acids is 1. The van der Waals surface area contributed by atoms with Crippen molar-refractivity contribution in [2.75, 3.05) is 7.11 Å². The van der Waals surface area contributed by atoms with Gasteiger partial charge in [0.1, 0.15) is 5.75 Å². The average Bonchev–Trinajstić information content (AvgIpc) is 2.81. The highest BCUT2D eigenvalue weighted by Crippen LogP contribution is 2.23. The molecule has 0 saturated carbocycles. The summed E-state index contributed by atoms with van der Waals surface area (Å²) in [6, 6.07) is 5.32. The largest absolute Gasteiger partial charge is 0.496 e. The summed E-state index contributed by atoms with van der Waals surface area (Å²) in [5.41, 5.74) is 0.520. The maximum atomic E-state index is 12.1. The number of nitrogens with one attached hydrogen (secondary N) is 1. The lowest BCUT2D eigenvalue weighted by Gasteiger charge is -2.09. The van der Waals surface area contributed by atoms with Crippen LogP contribution < -0.4 is 10.1 Å². The van der Waals surface area contributed by atoms with Gasteiger partial charge in [-0.15, -0.1) is 11.3 Å². The minimum Gasteiger partial charge on any atom is -0.496 e. The predicted octanol–water partition coefficient (Wildman–Crippen LogP) is 3.15. The summed E-state index contributed by atoms with van der Waals surface area (Å²) in [5, 5.41) is 3.85. The molecule has 0 bridgehead atoms. The molecule has 0 radical (unpaired) electrons. The smallest absolute Gasteiger partial charge is 0.255 e. The van der Waals surface area contributed by atoms with Crippen molar-refractivity contribution in [1.82, 2.24) is 10.3 Å². The summed E-state index contributed by atoms with van der Waals surface area (Å²) in [6.45, 7) is 2.41. The highest BCUT2D eigenvalue weighted by atomic mass is 79.9. The zero-order valence-corrected chi connectivity index (χ0v) is 13.0. The Morgan fingerprint density at radius 2 is 2.32 bits per heavy atom. The summed E-state index contributed by atoms with van der Waals surface area (Å²) < 4.78 is 6.08. The molecule has 2 rings (SSSR count). The second kappa shape index (κ2) is 6.16. The van der Waals surface area contributed by atoms with Crippen molar-refractivity contribution in [3.05, 3.63) is 44.3 Å². The Balaban J connectivity index is 2.07. The Morgan fingerprint density at radius 1 is 1.53 bits per heavy atom. The van der Waals surface area contributed by atoms with E-state index in [1.165, 1.54) is 0 Å². The number of rotatable bonds is 4. The van der Waals surface area contributed by atoms with Gasteiger partial charge in [0.25, 0.3) is 5.91 Å². The monoisotopic (exact) mass is 340 g/mol. The van der Waals surface area contributed by atoms with E-state index in [4.69, 9.17) is 4.74 Å². The summed E-state index contributed by atoms with van der Waals surface area (Å²) in [4.78, 5) is 17.3. The van der Waals surface area contributed by atoms with Crippen LogP contribution in [-0.4, -0.2) is 18.0 Å². The molecule has 0 fully saturated rings. The van der Waals surface area contributed by atoms with E-state index >= 15 is 0 Å². The lowest BCUT2D eigenvalue weighted by Crippen LogP contribution is -2.22. The normalized spacial score (nSPS) is 10.3. The third-order valence-electron chi connectivity index (χ3n) is 2.50. The Bertz CT molecular complexity index is 598. The standard InChI is InChI=1S/C13H13BrN2O2S/c1-8-15-6-10(19-8)7-16-13(17)11-4-3-9(14)5-12(11)18-2/h3-6H,7H2,1-2H3,(H,16,17). The topological polar surface area (TPSA) is 51.2 Å². The number of hydrogen-bond donors (Lipinski definition) is 1. The molecule has 0 aliphatic carbocycles. The summed E-state index contributed by atoms with van der Waals surface area (Å²) in [6.07, 6.45) is 1.78. The molecule has 1 heterocycles. The van der Waals surface area contributed by atoms with Crippen molar-refractivity contribution in [3.63, 3.8) is 0 Å². The molecule has 1 aromatic carbocycles. The number of amides is 1. The molecule has 19 heavy (non-hydrogen) atoms. The molecular weight excluding hydrogens is 328 g/mol. The number of halogens is 1. The molecule has 1 aromatic heterocycles. The first-order valence-electron chi connectivity index (χ1n) is 5.63. The van der Waals surface area contributed by atoms with E-state index in [1.54, 1.807) is 36.8 Å². The minimum atomic E-state index is -0.157. The fourth-order valence-electron chi connectivity index (χ4n) is 1.60. The third-order valence-corrected chi connectivity index (χ3v) is 3.91. The molecule has 6 heteroatoms. The van der Waals surface area contributed by atoms with E-state index < -0.39 is 0 Å². The number of aryl methyl sites for hydroxylation is 1. The van der Waals surface area contributed by atoms with Crippen molar-refractivity contribution in [1.29, 1.82) is 0 Å².